The zero-order valence-corrected chi connectivity index (χ0v) is 14.4. The van der Waals surface area contributed by atoms with Crippen LogP contribution in [0.3, 0.4) is 0 Å². The quantitative estimate of drug-likeness (QED) is 0.640. The van der Waals surface area contributed by atoms with E-state index in [9.17, 15) is 13.2 Å². The first-order chi connectivity index (χ1) is 11.4. The second kappa shape index (κ2) is 8.04. The number of aryl methyl sites for hydroxylation is 1. The molecule has 0 fully saturated rings. The van der Waals surface area contributed by atoms with Crippen LogP contribution in [-0.4, -0.2) is 37.0 Å². The number of nitrogens with one attached hydrogen (secondary N) is 3. The minimum atomic E-state index is -3.80. The van der Waals surface area contributed by atoms with E-state index < -0.39 is 15.9 Å². The van der Waals surface area contributed by atoms with Crippen molar-refractivity contribution >= 4 is 21.6 Å². The van der Waals surface area contributed by atoms with Gasteiger partial charge in [0.15, 0.2) is 5.03 Å². The van der Waals surface area contributed by atoms with Crippen molar-refractivity contribution < 1.29 is 13.2 Å². The number of rotatable bonds is 8. The van der Waals surface area contributed by atoms with E-state index in [2.05, 4.69) is 20.3 Å². The SMILES string of the molecule is CCNCc1cccc(NC(=O)CNS(=O)(=O)c2cn(C)cn2)c1. The number of benzene rings is 1. The Bertz CT molecular complexity index is 801. The molecule has 0 saturated heterocycles. The number of imidazole rings is 1. The Kier molecular flexibility index (Phi) is 6.07. The van der Waals surface area contributed by atoms with Crippen LogP contribution < -0.4 is 15.4 Å². The Labute approximate surface area is 141 Å². The average molecular weight is 351 g/mol. The first-order valence-corrected chi connectivity index (χ1v) is 8.96. The minimum Gasteiger partial charge on any atom is -0.339 e. The molecule has 24 heavy (non-hydrogen) atoms. The molecule has 1 amide bonds. The molecule has 130 valence electrons. The van der Waals surface area contributed by atoms with E-state index in [0.29, 0.717) is 12.2 Å². The number of aromatic nitrogens is 2. The molecular weight excluding hydrogens is 330 g/mol. The molecule has 9 heteroatoms. The van der Waals surface area contributed by atoms with Crippen LogP contribution in [0.25, 0.3) is 0 Å². The number of carbonyl (C=O) groups is 1. The average Bonchev–Trinajstić information content (AvgIpc) is 2.99. The second-order valence-corrected chi connectivity index (χ2v) is 6.94. The van der Waals surface area contributed by atoms with E-state index in [1.807, 2.05) is 25.1 Å². The largest absolute Gasteiger partial charge is 0.339 e. The third-order valence-corrected chi connectivity index (χ3v) is 4.45. The van der Waals surface area contributed by atoms with Crippen molar-refractivity contribution in [2.24, 2.45) is 7.05 Å². The summed E-state index contributed by atoms with van der Waals surface area (Å²) in [5.41, 5.74) is 1.65. The number of nitrogens with zero attached hydrogens (tertiary/aromatic N) is 2. The molecule has 3 N–H and O–H groups in total. The van der Waals surface area contributed by atoms with E-state index in [-0.39, 0.29) is 11.6 Å². The lowest BCUT2D eigenvalue weighted by Gasteiger charge is -2.08. The predicted octanol–water partition coefficient (Wildman–Crippen LogP) is 0.447. The fraction of sp³-hybridized carbons (Fsp3) is 0.333. The lowest BCUT2D eigenvalue weighted by atomic mass is 10.2. The zero-order valence-electron chi connectivity index (χ0n) is 13.6. The Hall–Kier alpha value is -2.23. The highest BCUT2D eigenvalue weighted by molar-refractivity contribution is 7.89. The summed E-state index contributed by atoms with van der Waals surface area (Å²) in [6.45, 7) is 3.20. The van der Waals surface area contributed by atoms with Crippen LogP contribution in [0, 0.1) is 0 Å². The molecule has 2 rings (SSSR count). The van der Waals surface area contributed by atoms with Gasteiger partial charge in [0.1, 0.15) is 0 Å². The minimum absolute atomic E-state index is 0.120. The monoisotopic (exact) mass is 351 g/mol. The fourth-order valence-corrected chi connectivity index (χ4v) is 2.96. The summed E-state index contributed by atoms with van der Waals surface area (Å²) >= 11 is 0. The molecule has 0 aliphatic heterocycles. The molecule has 0 saturated carbocycles. The molecule has 0 atom stereocenters. The maximum Gasteiger partial charge on any atom is 0.260 e. The van der Waals surface area contributed by atoms with Crippen molar-refractivity contribution in [1.82, 2.24) is 19.6 Å². The van der Waals surface area contributed by atoms with Gasteiger partial charge in [-0.05, 0) is 24.2 Å². The van der Waals surface area contributed by atoms with Gasteiger partial charge in [0, 0.05) is 25.5 Å². The van der Waals surface area contributed by atoms with Crippen molar-refractivity contribution in [3.8, 4) is 0 Å². The molecule has 2 aromatic rings. The smallest absolute Gasteiger partial charge is 0.260 e. The van der Waals surface area contributed by atoms with Gasteiger partial charge in [0.25, 0.3) is 10.0 Å². The van der Waals surface area contributed by atoms with Crippen LogP contribution in [0.5, 0.6) is 0 Å². The first kappa shape index (κ1) is 18.1. The number of hydrogen-bond acceptors (Lipinski definition) is 5. The molecule has 0 aliphatic carbocycles. The van der Waals surface area contributed by atoms with Gasteiger partial charge in [-0.25, -0.2) is 18.1 Å². The molecule has 0 aliphatic rings. The van der Waals surface area contributed by atoms with Gasteiger partial charge in [-0.15, -0.1) is 0 Å². The number of carbonyl (C=O) groups excluding carboxylic acids is 1. The van der Waals surface area contributed by atoms with Gasteiger partial charge in [0.2, 0.25) is 5.91 Å². The maximum atomic E-state index is 12.0. The molecule has 0 spiro atoms. The van der Waals surface area contributed by atoms with Crippen LogP contribution in [0.15, 0.2) is 41.8 Å². The third-order valence-electron chi connectivity index (χ3n) is 3.17. The molecule has 0 unspecified atom stereocenters. The summed E-state index contributed by atoms with van der Waals surface area (Å²) in [5, 5.41) is 5.75. The van der Waals surface area contributed by atoms with Crippen molar-refractivity contribution in [3.63, 3.8) is 0 Å². The van der Waals surface area contributed by atoms with Gasteiger partial charge >= 0.3 is 0 Å². The van der Waals surface area contributed by atoms with Crippen LogP contribution in [0.1, 0.15) is 12.5 Å². The van der Waals surface area contributed by atoms with Gasteiger partial charge in [-0.1, -0.05) is 19.1 Å². The molecule has 1 heterocycles. The van der Waals surface area contributed by atoms with Gasteiger partial charge in [0.05, 0.1) is 12.9 Å². The van der Waals surface area contributed by atoms with E-state index in [1.54, 1.807) is 13.1 Å². The zero-order chi connectivity index (χ0) is 17.6. The van der Waals surface area contributed by atoms with Crippen molar-refractivity contribution in [2.45, 2.75) is 18.5 Å². The highest BCUT2D eigenvalue weighted by Gasteiger charge is 2.18. The Morgan fingerprint density at radius 3 is 2.79 bits per heavy atom. The number of sulfonamides is 1. The lowest BCUT2D eigenvalue weighted by Crippen LogP contribution is -2.33. The molecule has 8 nitrogen and oxygen atoms in total. The number of anilines is 1. The van der Waals surface area contributed by atoms with Crippen LogP contribution >= 0.6 is 0 Å². The van der Waals surface area contributed by atoms with E-state index in [1.165, 1.54) is 17.1 Å². The molecule has 0 radical (unpaired) electrons. The molecular formula is C15H21N5O3S. The van der Waals surface area contributed by atoms with Gasteiger partial charge in [-0.3, -0.25) is 4.79 Å². The normalized spacial score (nSPS) is 11.4. The number of hydrogen-bond donors (Lipinski definition) is 3. The maximum absolute atomic E-state index is 12.0. The van der Waals surface area contributed by atoms with E-state index >= 15 is 0 Å². The topological polar surface area (TPSA) is 105 Å². The third kappa shape index (κ3) is 5.15. The molecule has 0 bridgehead atoms. The molecule has 1 aromatic heterocycles. The van der Waals surface area contributed by atoms with Crippen LogP contribution in [0.4, 0.5) is 5.69 Å². The Balaban J connectivity index is 1.91. The summed E-state index contributed by atoms with van der Waals surface area (Å²) in [7, 11) is -2.13. The summed E-state index contributed by atoms with van der Waals surface area (Å²) < 4.78 is 27.7. The van der Waals surface area contributed by atoms with Crippen LogP contribution in [0.2, 0.25) is 0 Å². The summed E-state index contributed by atoms with van der Waals surface area (Å²) in [4.78, 5) is 15.7. The standard InChI is InChI=1S/C15H21N5O3S/c1-3-16-8-12-5-4-6-13(7-12)19-14(21)9-18-24(22,23)15-10-20(2)11-17-15/h4-7,10-11,16,18H,3,8-9H2,1-2H3,(H,19,21). The summed E-state index contributed by atoms with van der Waals surface area (Å²) in [5.74, 6) is -0.449. The second-order valence-electron chi connectivity index (χ2n) is 5.23. The highest BCUT2D eigenvalue weighted by Crippen LogP contribution is 2.10. The van der Waals surface area contributed by atoms with E-state index in [4.69, 9.17) is 0 Å². The van der Waals surface area contributed by atoms with Crippen molar-refractivity contribution in [3.05, 3.63) is 42.4 Å². The lowest BCUT2D eigenvalue weighted by molar-refractivity contribution is -0.115. The number of amides is 1. The van der Waals surface area contributed by atoms with Gasteiger partial charge in [-0.2, -0.15) is 0 Å². The Morgan fingerprint density at radius 2 is 2.12 bits per heavy atom. The summed E-state index contributed by atoms with van der Waals surface area (Å²) in [6.07, 6.45) is 2.74. The highest BCUT2D eigenvalue weighted by atomic mass is 32.2. The van der Waals surface area contributed by atoms with Gasteiger partial charge < -0.3 is 15.2 Å². The van der Waals surface area contributed by atoms with E-state index in [0.717, 1.165) is 12.1 Å². The molecule has 1 aromatic carbocycles. The Morgan fingerprint density at radius 1 is 1.33 bits per heavy atom. The first-order valence-electron chi connectivity index (χ1n) is 7.48. The van der Waals surface area contributed by atoms with Crippen molar-refractivity contribution in [2.75, 3.05) is 18.4 Å². The predicted molar refractivity (Wildman–Crippen MR) is 90.8 cm³/mol. The fourth-order valence-electron chi connectivity index (χ4n) is 2.00. The van der Waals surface area contributed by atoms with Crippen molar-refractivity contribution in [1.29, 1.82) is 0 Å². The summed E-state index contributed by atoms with van der Waals surface area (Å²) in [6, 6.07) is 7.37. The van der Waals surface area contributed by atoms with Crippen LogP contribution in [-0.2, 0) is 28.4 Å².